The SMILES string of the molecule is COC(=O)C[C@H]1Cc2ccccc2CN1C(=O)CN(Cc1ccccc1)C(=O)[C@H]1Cc2ccccc2N1C(=O)OC(C)(C)C. The largest absolute Gasteiger partial charge is 0.469 e. The molecule has 2 heterocycles. The van der Waals surface area contributed by atoms with E-state index in [-0.39, 0.29) is 31.3 Å². The Morgan fingerprint density at radius 3 is 2.16 bits per heavy atom. The van der Waals surface area contributed by atoms with Crippen molar-refractivity contribution in [2.75, 3.05) is 18.6 Å². The standard InChI is InChI=1S/C35H39N3O6/c1-35(2,3)44-34(42)38-29-17-11-10-15-26(29)19-30(38)33(41)36(21-24-12-6-5-7-13-24)23-31(39)37-22-27-16-9-8-14-25(27)18-28(37)20-32(40)43-4/h5-17,28,30H,18-23H2,1-4H3/t28-,30-/m1/s1. The summed E-state index contributed by atoms with van der Waals surface area (Å²) in [6.45, 7) is 5.63. The molecule has 0 spiro atoms. The molecule has 5 rings (SSSR count). The summed E-state index contributed by atoms with van der Waals surface area (Å²) in [7, 11) is 1.33. The van der Waals surface area contributed by atoms with Gasteiger partial charge in [-0.1, -0.05) is 72.8 Å². The summed E-state index contributed by atoms with van der Waals surface area (Å²) in [6.07, 6.45) is 0.245. The first-order chi connectivity index (χ1) is 21.0. The van der Waals surface area contributed by atoms with Crippen LogP contribution >= 0.6 is 0 Å². The highest BCUT2D eigenvalue weighted by Crippen LogP contribution is 2.35. The van der Waals surface area contributed by atoms with E-state index < -0.39 is 29.7 Å². The van der Waals surface area contributed by atoms with Crippen LogP contribution in [-0.4, -0.2) is 65.0 Å². The molecule has 0 aromatic heterocycles. The Bertz CT molecular complexity index is 1530. The average Bonchev–Trinajstić information content (AvgIpc) is 3.39. The number of carbonyl (C=O) groups excluding carboxylic acids is 4. The lowest BCUT2D eigenvalue weighted by molar-refractivity contribution is -0.147. The molecule has 2 aliphatic rings. The lowest BCUT2D eigenvalue weighted by atomic mass is 9.92. The summed E-state index contributed by atoms with van der Waals surface area (Å²) in [5, 5.41) is 0. The maximum absolute atomic E-state index is 14.5. The van der Waals surface area contributed by atoms with Gasteiger partial charge in [0.1, 0.15) is 18.2 Å². The number of para-hydroxylation sites is 1. The molecule has 230 valence electrons. The van der Waals surface area contributed by atoms with Gasteiger partial charge in [0.2, 0.25) is 11.8 Å². The summed E-state index contributed by atoms with van der Waals surface area (Å²) < 4.78 is 10.7. The van der Waals surface area contributed by atoms with Crippen molar-refractivity contribution in [3.05, 3.63) is 101 Å². The van der Waals surface area contributed by atoms with Crippen molar-refractivity contribution in [3.63, 3.8) is 0 Å². The third-order valence-corrected chi connectivity index (χ3v) is 8.01. The predicted molar refractivity (Wildman–Crippen MR) is 166 cm³/mol. The lowest BCUT2D eigenvalue weighted by Gasteiger charge is -2.38. The predicted octanol–water partition coefficient (Wildman–Crippen LogP) is 4.90. The van der Waals surface area contributed by atoms with Crippen LogP contribution in [0.1, 0.15) is 49.4 Å². The Hall–Kier alpha value is -4.66. The van der Waals surface area contributed by atoms with Gasteiger partial charge in [0.25, 0.3) is 0 Å². The van der Waals surface area contributed by atoms with Crippen LogP contribution in [0.15, 0.2) is 78.9 Å². The van der Waals surface area contributed by atoms with Crippen LogP contribution in [0.2, 0.25) is 0 Å². The first kappa shape index (κ1) is 30.8. The number of amides is 3. The second-order valence-electron chi connectivity index (χ2n) is 12.3. The number of benzene rings is 3. The van der Waals surface area contributed by atoms with Crippen LogP contribution in [0.25, 0.3) is 0 Å². The van der Waals surface area contributed by atoms with Gasteiger partial charge < -0.3 is 19.3 Å². The molecule has 0 unspecified atom stereocenters. The highest BCUT2D eigenvalue weighted by Gasteiger charge is 2.43. The molecule has 0 saturated carbocycles. The molecule has 9 nitrogen and oxygen atoms in total. The van der Waals surface area contributed by atoms with Gasteiger partial charge in [0, 0.05) is 25.6 Å². The van der Waals surface area contributed by atoms with Gasteiger partial charge in [0.15, 0.2) is 0 Å². The fraction of sp³-hybridized carbons (Fsp3) is 0.371. The van der Waals surface area contributed by atoms with Gasteiger partial charge in [-0.2, -0.15) is 0 Å². The van der Waals surface area contributed by atoms with Gasteiger partial charge >= 0.3 is 12.1 Å². The van der Waals surface area contributed by atoms with Gasteiger partial charge in [0.05, 0.1) is 19.2 Å². The zero-order valence-electron chi connectivity index (χ0n) is 25.7. The first-order valence-corrected chi connectivity index (χ1v) is 14.9. The van der Waals surface area contributed by atoms with Crippen molar-refractivity contribution < 1.29 is 28.7 Å². The van der Waals surface area contributed by atoms with E-state index in [1.54, 1.807) is 25.7 Å². The maximum Gasteiger partial charge on any atom is 0.415 e. The first-order valence-electron chi connectivity index (χ1n) is 14.9. The van der Waals surface area contributed by atoms with Gasteiger partial charge in [-0.3, -0.25) is 19.3 Å². The number of hydrogen-bond donors (Lipinski definition) is 0. The number of nitrogens with zero attached hydrogens (tertiary/aromatic N) is 3. The van der Waals surface area contributed by atoms with Crippen molar-refractivity contribution in [2.45, 2.75) is 70.8 Å². The minimum Gasteiger partial charge on any atom is -0.469 e. The summed E-state index contributed by atoms with van der Waals surface area (Å²) in [5.41, 5.74) is 3.65. The molecular formula is C35H39N3O6. The molecule has 0 fully saturated rings. The van der Waals surface area contributed by atoms with Crippen molar-refractivity contribution in [2.24, 2.45) is 0 Å². The molecule has 9 heteroatoms. The van der Waals surface area contributed by atoms with E-state index >= 15 is 0 Å². The zero-order valence-corrected chi connectivity index (χ0v) is 25.7. The highest BCUT2D eigenvalue weighted by atomic mass is 16.6. The molecule has 0 N–H and O–H groups in total. The Kier molecular flexibility index (Phi) is 9.04. The number of ether oxygens (including phenoxy) is 2. The summed E-state index contributed by atoms with van der Waals surface area (Å²) >= 11 is 0. The Balaban J connectivity index is 1.45. The Labute approximate surface area is 258 Å². The number of anilines is 1. The van der Waals surface area contributed by atoms with E-state index in [2.05, 4.69) is 0 Å². The van der Waals surface area contributed by atoms with Crippen molar-refractivity contribution in [1.29, 1.82) is 0 Å². The normalized spacial score (nSPS) is 17.4. The van der Waals surface area contributed by atoms with Crippen LogP contribution in [0.5, 0.6) is 0 Å². The monoisotopic (exact) mass is 597 g/mol. The van der Waals surface area contributed by atoms with E-state index in [0.29, 0.717) is 25.1 Å². The molecule has 0 saturated heterocycles. The number of fused-ring (bicyclic) bond motifs is 2. The fourth-order valence-electron chi connectivity index (χ4n) is 5.94. The number of carbonyl (C=O) groups is 4. The molecular weight excluding hydrogens is 558 g/mol. The minimum absolute atomic E-state index is 0.0492. The summed E-state index contributed by atoms with van der Waals surface area (Å²) in [6, 6.07) is 23.4. The highest BCUT2D eigenvalue weighted by molar-refractivity contribution is 6.01. The van der Waals surface area contributed by atoms with Crippen LogP contribution in [-0.2, 0) is 49.8 Å². The van der Waals surface area contributed by atoms with E-state index in [1.165, 1.54) is 16.9 Å². The molecule has 3 amide bonds. The topological polar surface area (TPSA) is 96.5 Å². The van der Waals surface area contributed by atoms with Crippen molar-refractivity contribution in [1.82, 2.24) is 9.80 Å². The minimum atomic E-state index is -0.883. The average molecular weight is 598 g/mol. The van der Waals surface area contributed by atoms with Crippen molar-refractivity contribution in [3.8, 4) is 0 Å². The van der Waals surface area contributed by atoms with Crippen LogP contribution < -0.4 is 4.90 Å². The molecule has 0 bridgehead atoms. The number of rotatable bonds is 7. The number of hydrogen-bond acceptors (Lipinski definition) is 6. The third-order valence-electron chi connectivity index (χ3n) is 8.01. The second-order valence-corrected chi connectivity index (χ2v) is 12.3. The quantitative estimate of drug-likeness (QED) is 0.360. The van der Waals surface area contributed by atoms with E-state index in [1.807, 2.05) is 78.9 Å². The molecule has 44 heavy (non-hydrogen) atoms. The third kappa shape index (κ3) is 6.93. The molecule has 3 aromatic rings. The second kappa shape index (κ2) is 12.9. The van der Waals surface area contributed by atoms with Gasteiger partial charge in [-0.05, 0) is 55.5 Å². The van der Waals surface area contributed by atoms with E-state index in [9.17, 15) is 19.2 Å². The van der Waals surface area contributed by atoms with Crippen LogP contribution in [0.3, 0.4) is 0 Å². The van der Waals surface area contributed by atoms with Crippen LogP contribution in [0, 0.1) is 0 Å². The molecule has 0 radical (unpaired) electrons. The molecule has 0 aliphatic carbocycles. The Morgan fingerprint density at radius 1 is 0.841 bits per heavy atom. The van der Waals surface area contributed by atoms with Crippen LogP contribution in [0.4, 0.5) is 10.5 Å². The molecule has 2 aliphatic heterocycles. The van der Waals surface area contributed by atoms with Crippen molar-refractivity contribution >= 4 is 29.6 Å². The Morgan fingerprint density at radius 2 is 1.48 bits per heavy atom. The number of methoxy groups -OCH3 is 1. The smallest absolute Gasteiger partial charge is 0.415 e. The lowest BCUT2D eigenvalue weighted by Crippen LogP contribution is -2.54. The zero-order chi connectivity index (χ0) is 31.4. The maximum atomic E-state index is 14.5. The molecule has 2 atom stereocenters. The summed E-state index contributed by atoms with van der Waals surface area (Å²) in [5.74, 6) is -1.04. The van der Waals surface area contributed by atoms with E-state index in [0.717, 1.165) is 22.3 Å². The van der Waals surface area contributed by atoms with Gasteiger partial charge in [-0.15, -0.1) is 0 Å². The fourth-order valence-corrected chi connectivity index (χ4v) is 5.94. The summed E-state index contributed by atoms with van der Waals surface area (Å²) in [4.78, 5) is 59.0. The number of esters is 1. The van der Waals surface area contributed by atoms with Gasteiger partial charge in [-0.25, -0.2) is 4.79 Å². The van der Waals surface area contributed by atoms with E-state index in [4.69, 9.17) is 9.47 Å². The molecule has 3 aromatic carbocycles.